The zero-order chi connectivity index (χ0) is 15.9. The van der Waals surface area contributed by atoms with Gasteiger partial charge in [0.25, 0.3) is 0 Å². The Hall–Kier alpha value is -3.00. The third-order valence-electron chi connectivity index (χ3n) is 2.88. The minimum atomic E-state index is -0.565. The van der Waals surface area contributed by atoms with E-state index in [4.69, 9.17) is 14.2 Å². The third kappa shape index (κ3) is 3.36. The van der Waals surface area contributed by atoms with Crippen LogP contribution in [0.25, 0.3) is 0 Å². The Bertz CT molecular complexity index is 730. The predicted octanol–water partition coefficient (Wildman–Crippen LogP) is 2.29. The van der Waals surface area contributed by atoms with Crippen LogP contribution >= 0.6 is 0 Å². The van der Waals surface area contributed by atoms with Gasteiger partial charge in [0.2, 0.25) is 5.88 Å². The van der Waals surface area contributed by atoms with Crippen molar-refractivity contribution >= 4 is 5.97 Å². The number of aromatic nitrogens is 1. The second-order valence-corrected chi connectivity index (χ2v) is 4.20. The summed E-state index contributed by atoms with van der Waals surface area (Å²) in [6.07, 6.45) is 0. The molecule has 2 rings (SSSR count). The smallest absolute Gasteiger partial charge is 0.344 e. The van der Waals surface area contributed by atoms with E-state index in [9.17, 15) is 4.79 Å². The first-order valence-corrected chi connectivity index (χ1v) is 6.48. The van der Waals surface area contributed by atoms with Gasteiger partial charge in [-0.25, -0.2) is 9.78 Å². The van der Waals surface area contributed by atoms with Gasteiger partial charge in [0.15, 0.2) is 0 Å². The number of nitrogens with zero attached hydrogens (tertiary/aromatic N) is 1. The van der Waals surface area contributed by atoms with Crippen molar-refractivity contribution in [2.24, 2.45) is 0 Å². The summed E-state index contributed by atoms with van der Waals surface area (Å²) in [6.45, 7) is 0. The summed E-state index contributed by atoms with van der Waals surface area (Å²) in [4.78, 5) is 16.2. The number of carbonyl (C=O) groups excluding carboxylic acids is 1. The Morgan fingerprint density at radius 2 is 1.77 bits per heavy atom. The second kappa shape index (κ2) is 7.14. The van der Waals surface area contributed by atoms with Gasteiger partial charge in [0.1, 0.15) is 17.0 Å². The average Bonchev–Trinajstić information content (AvgIpc) is 2.59. The highest BCUT2D eigenvalue weighted by molar-refractivity contribution is 5.95. The van der Waals surface area contributed by atoms with E-state index in [1.165, 1.54) is 27.4 Å². The SMILES string of the molecule is COC(=O)c1c(OC)cc(OC)nc1C#Cc1ccccc1. The maximum Gasteiger partial charge on any atom is 0.344 e. The lowest BCUT2D eigenvalue weighted by Gasteiger charge is -2.10. The van der Waals surface area contributed by atoms with Gasteiger partial charge in [-0.05, 0) is 18.1 Å². The molecular formula is C17H15NO4. The molecule has 0 atom stereocenters. The van der Waals surface area contributed by atoms with Gasteiger partial charge >= 0.3 is 5.97 Å². The molecule has 5 heteroatoms. The largest absolute Gasteiger partial charge is 0.496 e. The summed E-state index contributed by atoms with van der Waals surface area (Å²) in [6, 6.07) is 10.9. The van der Waals surface area contributed by atoms with Crippen LogP contribution in [-0.4, -0.2) is 32.3 Å². The molecule has 0 amide bonds. The van der Waals surface area contributed by atoms with Crippen LogP contribution in [-0.2, 0) is 4.74 Å². The topological polar surface area (TPSA) is 57.7 Å². The fraction of sp³-hybridized carbons (Fsp3) is 0.176. The first-order valence-electron chi connectivity index (χ1n) is 6.48. The van der Waals surface area contributed by atoms with E-state index in [-0.39, 0.29) is 11.3 Å². The summed E-state index contributed by atoms with van der Waals surface area (Å²) in [5.74, 6) is 5.87. The Balaban J connectivity index is 2.57. The number of ether oxygens (including phenoxy) is 3. The van der Waals surface area contributed by atoms with Crippen LogP contribution in [0.4, 0.5) is 0 Å². The highest BCUT2D eigenvalue weighted by atomic mass is 16.5. The molecule has 1 aromatic carbocycles. The molecular weight excluding hydrogens is 282 g/mol. The van der Waals surface area contributed by atoms with Crippen LogP contribution in [0.5, 0.6) is 11.6 Å². The summed E-state index contributed by atoms with van der Waals surface area (Å²) >= 11 is 0. The molecule has 0 aliphatic rings. The van der Waals surface area contributed by atoms with Crippen LogP contribution in [0.3, 0.4) is 0 Å². The molecule has 0 unspecified atom stereocenters. The molecule has 1 aromatic heterocycles. The van der Waals surface area contributed by atoms with Crippen molar-refractivity contribution in [2.45, 2.75) is 0 Å². The van der Waals surface area contributed by atoms with E-state index in [1.54, 1.807) is 0 Å². The quantitative estimate of drug-likeness (QED) is 0.642. The Labute approximate surface area is 128 Å². The first-order chi connectivity index (χ1) is 10.7. The number of rotatable bonds is 3. The monoisotopic (exact) mass is 297 g/mol. The summed E-state index contributed by atoms with van der Waals surface area (Å²) in [5.41, 5.74) is 1.23. The van der Waals surface area contributed by atoms with Gasteiger partial charge in [0.05, 0.1) is 21.3 Å². The number of hydrogen-bond acceptors (Lipinski definition) is 5. The maximum atomic E-state index is 12.0. The van der Waals surface area contributed by atoms with E-state index in [1.807, 2.05) is 30.3 Å². The number of methoxy groups -OCH3 is 3. The summed E-state index contributed by atoms with van der Waals surface area (Å²) in [7, 11) is 4.23. The number of esters is 1. The maximum absolute atomic E-state index is 12.0. The molecule has 0 aliphatic heterocycles. The Kier molecular flexibility index (Phi) is 4.99. The minimum Gasteiger partial charge on any atom is -0.496 e. The molecule has 5 nitrogen and oxygen atoms in total. The first kappa shape index (κ1) is 15.4. The van der Waals surface area contributed by atoms with Gasteiger partial charge in [-0.3, -0.25) is 0 Å². The Morgan fingerprint density at radius 1 is 1.05 bits per heavy atom. The van der Waals surface area contributed by atoms with Gasteiger partial charge < -0.3 is 14.2 Å². The minimum absolute atomic E-state index is 0.175. The van der Waals surface area contributed by atoms with Crippen LogP contribution < -0.4 is 9.47 Å². The molecule has 112 valence electrons. The molecule has 2 aromatic rings. The lowest BCUT2D eigenvalue weighted by atomic mass is 10.1. The number of carbonyl (C=O) groups is 1. The van der Waals surface area contributed by atoms with E-state index >= 15 is 0 Å². The molecule has 0 bridgehead atoms. The van der Waals surface area contributed by atoms with Crippen molar-refractivity contribution in [1.29, 1.82) is 0 Å². The van der Waals surface area contributed by atoms with Crippen molar-refractivity contribution < 1.29 is 19.0 Å². The number of benzene rings is 1. The van der Waals surface area contributed by atoms with Gasteiger partial charge in [0, 0.05) is 11.6 Å². The number of pyridine rings is 1. The highest BCUT2D eigenvalue weighted by Gasteiger charge is 2.20. The molecule has 0 saturated heterocycles. The summed E-state index contributed by atoms with van der Waals surface area (Å²) < 4.78 is 15.1. The molecule has 0 spiro atoms. The van der Waals surface area contributed by atoms with Crippen LogP contribution in [0.1, 0.15) is 21.6 Å². The molecule has 0 fully saturated rings. The van der Waals surface area contributed by atoms with Gasteiger partial charge in [-0.2, -0.15) is 0 Å². The standard InChI is InChI=1S/C17H15NO4/c1-20-14-11-15(21-2)18-13(16(14)17(19)22-3)10-9-12-7-5-4-6-8-12/h4-8,11H,1-3H3. The van der Waals surface area contributed by atoms with Gasteiger partial charge in [-0.15, -0.1) is 0 Å². The zero-order valence-corrected chi connectivity index (χ0v) is 12.5. The van der Waals surface area contributed by atoms with Gasteiger partial charge in [-0.1, -0.05) is 24.1 Å². The highest BCUT2D eigenvalue weighted by Crippen LogP contribution is 2.26. The molecule has 1 heterocycles. The van der Waals surface area contributed by atoms with Crippen molar-refractivity contribution in [3.8, 4) is 23.5 Å². The lowest BCUT2D eigenvalue weighted by molar-refractivity contribution is 0.0596. The van der Waals surface area contributed by atoms with E-state index in [0.717, 1.165) is 5.56 Å². The van der Waals surface area contributed by atoms with Crippen LogP contribution in [0.2, 0.25) is 0 Å². The van der Waals surface area contributed by atoms with Crippen molar-refractivity contribution in [3.05, 3.63) is 53.2 Å². The fourth-order valence-corrected chi connectivity index (χ4v) is 1.81. The van der Waals surface area contributed by atoms with Crippen molar-refractivity contribution in [1.82, 2.24) is 4.98 Å². The normalized spacial score (nSPS) is 9.41. The number of hydrogen-bond donors (Lipinski definition) is 0. The molecule has 0 N–H and O–H groups in total. The molecule has 22 heavy (non-hydrogen) atoms. The summed E-state index contributed by atoms with van der Waals surface area (Å²) in [5, 5.41) is 0. The molecule has 0 saturated carbocycles. The van der Waals surface area contributed by atoms with E-state index in [2.05, 4.69) is 16.8 Å². The molecule has 0 aliphatic carbocycles. The third-order valence-corrected chi connectivity index (χ3v) is 2.88. The predicted molar refractivity (Wildman–Crippen MR) is 81.1 cm³/mol. The van der Waals surface area contributed by atoms with E-state index in [0.29, 0.717) is 11.6 Å². The zero-order valence-electron chi connectivity index (χ0n) is 12.5. The van der Waals surface area contributed by atoms with Crippen LogP contribution in [0.15, 0.2) is 36.4 Å². The van der Waals surface area contributed by atoms with E-state index < -0.39 is 5.97 Å². The fourth-order valence-electron chi connectivity index (χ4n) is 1.81. The average molecular weight is 297 g/mol. The second-order valence-electron chi connectivity index (χ2n) is 4.20. The van der Waals surface area contributed by atoms with Crippen LogP contribution in [0, 0.1) is 11.8 Å². The molecule has 0 radical (unpaired) electrons. The van der Waals surface area contributed by atoms with Crippen molar-refractivity contribution in [2.75, 3.05) is 21.3 Å². The lowest BCUT2D eigenvalue weighted by Crippen LogP contribution is -2.09. The van der Waals surface area contributed by atoms with Crippen molar-refractivity contribution in [3.63, 3.8) is 0 Å². The Morgan fingerprint density at radius 3 is 2.36 bits per heavy atom.